The minimum Gasteiger partial charge on any atom is -0.378 e. The molecule has 0 radical (unpaired) electrons. The van der Waals surface area contributed by atoms with Gasteiger partial charge in [0.2, 0.25) is 10.0 Å². The molecule has 2 heterocycles. The average Bonchev–Trinajstić information content (AvgIpc) is 3.10. The zero-order valence-electron chi connectivity index (χ0n) is 13.8. The quantitative estimate of drug-likeness (QED) is 0.817. The second-order valence-corrected chi connectivity index (χ2v) is 9.02. The fourth-order valence-electron chi connectivity index (χ4n) is 3.67. The van der Waals surface area contributed by atoms with E-state index in [9.17, 15) is 8.42 Å². The molecule has 0 amide bonds. The van der Waals surface area contributed by atoms with Crippen molar-refractivity contribution < 1.29 is 13.2 Å². The Kier molecular flexibility index (Phi) is 4.58. The summed E-state index contributed by atoms with van der Waals surface area (Å²) >= 11 is 5.91. The number of ether oxygens (including phenoxy) is 1. The highest BCUT2D eigenvalue weighted by Gasteiger charge is 2.38. The van der Waals surface area contributed by atoms with E-state index in [2.05, 4.69) is 0 Å². The molecule has 2 atom stereocenters. The third-order valence-electron chi connectivity index (χ3n) is 5.12. The van der Waals surface area contributed by atoms with Gasteiger partial charge in [0, 0.05) is 30.6 Å². The Morgan fingerprint density at radius 3 is 2.28 bits per heavy atom. The van der Waals surface area contributed by atoms with Crippen LogP contribution >= 0.6 is 11.6 Å². The van der Waals surface area contributed by atoms with Crippen LogP contribution in [0.5, 0.6) is 0 Å². The molecule has 2 aromatic carbocycles. The van der Waals surface area contributed by atoms with E-state index in [0.29, 0.717) is 28.9 Å². The van der Waals surface area contributed by atoms with Gasteiger partial charge in [-0.1, -0.05) is 35.9 Å². The van der Waals surface area contributed by atoms with Crippen LogP contribution in [0.4, 0.5) is 0 Å². The lowest BCUT2D eigenvalue weighted by Gasteiger charge is -2.33. The molecule has 2 aromatic rings. The van der Waals surface area contributed by atoms with Crippen LogP contribution in [-0.4, -0.2) is 38.5 Å². The van der Waals surface area contributed by atoms with Crippen LogP contribution in [0.1, 0.15) is 12.8 Å². The summed E-state index contributed by atoms with van der Waals surface area (Å²) < 4.78 is 33.1. The number of benzene rings is 2. The van der Waals surface area contributed by atoms with E-state index in [-0.39, 0.29) is 6.10 Å². The van der Waals surface area contributed by atoms with Crippen molar-refractivity contribution in [3.8, 4) is 11.1 Å². The number of halogens is 1. The first kappa shape index (κ1) is 17.0. The number of piperidine rings is 1. The number of hydrogen-bond donors (Lipinski definition) is 0. The second kappa shape index (κ2) is 6.72. The van der Waals surface area contributed by atoms with Crippen molar-refractivity contribution in [1.82, 2.24) is 4.31 Å². The molecule has 0 aromatic heterocycles. The Balaban J connectivity index is 1.55. The van der Waals surface area contributed by atoms with E-state index in [1.807, 2.05) is 36.4 Å². The average molecular weight is 378 g/mol. The van der Waals surface area contributed by atoms with Crippen molar-refractivity contribution in [2.45, 2.75) is 23.8 Å². The Morgan fingerprint density at radius 2 is 1.60 bits per heavy atom. The highest BCUT2D eigenvalue weighted by molar-refractivity contribution is 7.89. The smallest absolute Gasteiger partial charge is 0.243 e. The molecule has 0 saturated carbocycles. The van der Waals surface area contributed by atoms with Crippen molar-refractivity contribution in [1.29, 1.82) is 0 Å². The van der Waals surface area contributed by atoms with Crippen molar-refractivity contribution in [3.63, 3.8) is 0 Å². The number of hydrogen-bond acceptors (Lipinski definition) is 3. The molecule has 0 N–H and O–H groups in total. The molecule has 2 saturated heterocycles. The maximum atomic E-state index is 12.9. The highest BCUT2D eigenvalue weighted by atomic mass is 35.5. The largest absolute Gasteiger partial charge is 0.378 e. The van der Waals surface area contributed by atoms with Crippen LogP contribution in [-0.2, 0) is 14.8 Å². The zero-order valence-corrected chi connectivity index (χ0v) is 15.3. The maximum absolute atomic E-state index is 12.9. The molecule has 4 rings (SSSR count). The standard InChI is InChI=1S/C19H20ClNO3S/c20-17-5-1-14(2-6-17)15-3-7-18(8-4-15)25(22,23)21-11-9-19-16(13-21)10-12-24-19/h1-8,16,19H,9-13H2. The van der Waals surface area contributed by atoms with E-state index in [4.69, 9.17) is 16.3 Å². The van der Waals surface area contributed by atoms with Gasteiger partial charge in [0.25, 0.3) is 0 Å². The molecule has 2 unspecified atom stereocenters. The molecular formula is C19H20ClNO3S. The number of nitrogens with zero attached hydrogens (tertiary/aromatic N) is 1. The normalized spacial score (nSPS) is 24.2. The van der Waals surface area contributed by atoms with Gasteiger partial charge in [-0.25, -0.2) is 8.42 Å². The zero-order chi connectivity index (χ0) is 17.4. The van der Waals surface area contributed by atoms with Crippen molar-refractivity contribution in [2.75, 3.05) is 19.7 Å². The molecule has 0 aliphatic carbocycles. The monoisotopic (exact) mass is 377 g/mol. The second-order valence-electron chi connectivity index (χ2n) is 6.64. The lowest BCUT2D eigenvalue weighted by Crippen LogP contribution is -2.44. The Morgan fingerprint density at radius 1 is 0.960 bits per heavy atom. The van der Waals surface area contributed by atoms with Crippen LogP contribution in [0.2, 0.25) is 5.02 Å². The Bertz CT molecular complexity index is 849. The molecule has 25 heavy (non-hydrogen) atoms. The lowest BCUT2D eigenvalue weighted by molar-refractivity contribution is 0.0555. The maximum Gasteiger partial charge on any atom is 0.243 e. The van der Waals surface area contributed by atoms with Gasteiger partial charge in [0.05, 0.1) is 11.0 Å². The summed E-state index contributed by atoms with van der Waals surface area (Å²) in [6.45, 7) is 1.84. The predicted octanol–water partition coefficient (Wildman–Crippen LogP) is 3.81. The van der Waals surface area contributed by atoms with Crippen LogP contribution in [0.15, 0.2) is 53.4 Å². The van der Waals surface area contributed by atoms with Crippen molar-refractivity contribution >= 4 is 21.6 Å². The summed E-state index contributed by atoms with van der Waals surface area (Å²) in [5.74, 6) is 0.330. The molecule has 132 valence electrons. The van der Waals surface area contributed by atoms with E-state index in [1.165, 1.54) is 0 Å². The first-order valence-corrected chi connectivity index (χ1v) is 10.3. The topological polar surface area (TPSA) is 46.6 Å². The van der Waals surface area contributed by atoms with Crippen molar-refractivity contribution in [2.24, 2.45) is 5.92 Å². The summed E-state index contributed by atoms with van der Waals surface area (Å²) in [6.07, 6.45) is 1.97. The lowest BCUT2D eigenvalue weighted by atomic mass is 9.96. The summed E-state index contributed by atoms with van der Waals surface area (Å²) in [4.78, 5) is 0.350. The van der Waals surface area contributed by atoms with Gasteiger partial charge in [-0.15, -0.1) is 0 Å². The third-order valence-corrected chi connectivity index (χ3v) is 7.25. The van der Waals surface area contributed by atoms with E-state index in [1.54, 1.807) is 16.4 Å². The fraction of sp³-hybridized carbons (Fsp3) is 0.368. The van der Waals surface area contributed by atoms with Crippen molar-refractivity contribution in [3.05, 3.63) is 53.6 Å². The van der Waals surface area contributed by atoms with Gasteiger partial charge < -0.3 is 4.74 Å². The highest BCUT2D eigenvalue weighted by Crippen LogP contribution is 2.32. The molecule has 0 spiro atoms. The van der Waals surface area contributed by atoms with Gasteiger partial charge in [-0.3, -0.25) is 0 Å². The van der Waals surface area contributed by atoms with E-state index in [0.717, 1.165) is 30.6 Å². The van der Waals surface area contributed by atoms with Crippen LogP contribution in [0.3, 0.4) is 0 Å². The Labute approximate surface area is 153 Å². The first-order chi connectivity index (χ1) is 12.0. The predicted molar refractivity (Wildman–Crippen MR) is 98.1 cm³/mol. The minimum atomic E-state index is -3.45. The van der Waals surface area contributed by atoms with Crippen LogP contribution in [0.25, 0.3) is 11.1 Å². The van der Waals surface area contributed by atoms with Gasteiger partial charge >= 0.3 is 0 Å². The summed E-state index contributed by atoms with van der Waals surface area (Å²) in [6, 6.07) is 14.6. The molecular weight excluding hydrogens is 358 g/mol. The van der Waals surface area contributed by atoms with Gasteiger partial charge in [-0.05, 0) is 48.2 Å². The minimum absolute atomic E-state index is 0.235. The van der Waals surface area contributed by atoms with Gasteiger partial charge in [0.1, 0.15) is 0 Å². The fourth-order valence-corrected chi connectivity index (χ4v) is 5.31. The molecule has 0 bridgehead atoms. The molecule has 6 heteroatoms. The van der Waals surface area contributed by atoms with E-state index >= 15 is 0 Å². The summed E-state index contributed by atoms with van der Waals surface area (Å²) in [7, 11) is -3.45. The number of rotatable bonds is 3. The molecule has 2 fully saturated rings. The summed E-state index contributed by atoms with van der Waals surface area (Å²) in [5.41, 5.74) is 1.98. The summed E-state index contributed by atoms with van der Waals surface area (Å²) in [5, 5.41) is 0.683. The number of fused-ring (bicyclic) bond motifs is 1. The number of sulfonamides is 1. The van der Waals surface area contributed by atoms with Gasteiger partial charge in [0.15, 0.2) is 0 Å². The van der Waals surface area contributed by atoms with Crippen LogP contribution < -0.4 is 0 Å². The molecule has 2 aliphatic heterocycles. The Hall–Kier alpha value is -1.40. The van der Waals surface area contributed by atoms with Crippen LogP contribution in [0, 0.1) is 5.92 Å². The first-order valence-electron chi connectivity index (χ1n) is 8.52. The third kappa shape index (κ3) is 3.34. The van der Waals surface area contributed by atoms with Gasteiger partial charge in [-0.2, -0.15) is 4.31 Å². The SMILES string of the molecule is O=S(=O)(c1ccc(-c2ccc(Cl)cc2)cc1)N1CCC2OCCC2C1. The van der Waals surface area contributed by atoms with E-state index < -0.39 is 10.0 Å². The molecule has 4 nitrogen and oxygen atoms in total. The molecule has 2 aliphatic rings.